The lowest BCUT2D eigenvalue weighted by atomic mass is 9.97. The maximum Gasteiger partial charge on any atom is 0.227 e. The van der Waals surface area contributed by atoms with E-state index in [2.05, 4.69) is 24.1 Å². The van der Waals surface area contributed by atoms with Crippen LogP contribution in [-0.4, -0.2) is 10.9 Å². The van der Waals surface area contributed by atoms with Crippen LogP contribution >= 0.6 is 0 Å². The van der Waals surface area contributed by atoms with Crippen LogP contribution in [0.2, 0.25) is 0 Å². The van der Waals surface area contributed by atoms with Gasteiger partial charge in [-0.2, -0.15) is 0 Å². The largest absolute Gasteiger partial charge is 0.324 e. The van der Waals surface area contributed by atoms with Crippen LogP contribution in [0.15, 0.2) is 24.5 Å². The number of hydrogen-bond donors (Lipinski definition) is 1. The molecule has 0 aliphatic heterocycles. The van der Waals surface area contributed by atoms with Gasteiger partial charge in [-0.25, -0.2) is 0 Å². The van der Waals surface area contributed by atoms with Crippen molar-refractivity contribution < 1.29 is 4.79 Å². The number of carbonyl (C=O) groups excluding carboxylic acids is 1. The van der Waals surface area contributed by atoms with E-state index in [4.69, 9.17) is 0 Å². The van der Waals surface area contributed by atoms with Crippen LogP contribution in [0.5, 0.6) is 0 Å². The van der Waals surface area contributed by atoms with E-state index >= 15 is 0 Å². The highest BCUT2D eigenvalue weighted by atomic mass is 16.1. The smallest absolute Gasteiger partial charge is 0.227 e. The number of rotatable bonds is 6. The van der Waals surface area contributed by atoms with Gasteiger partial charge in [-0.1, -0.05) is 26.7 Å². The first-order valence-electron chi connectivity index (χ1n) is 5.98. The molecule has 1 aromatic heterocycles. The summed E-state index contributed by atoms with van der Waals surface area (Å²) in [5.41, 5.74) is 0.782. The van der Waals surface area contributed by atoms with Gasteiger partial charge in [-0.05, 0) is 25.0 Å². The lowest BCUT2D eigenvalue weighted by molar-refractivity contribution is -0.120. The van der Waals surface area contributed by atoms with Crippen molar-refractivity contribution >= 4 is 11.6 Å². The van der Waals surface area contributed by atoms with Crippen molar-refractivity contribution in [1.29, 1.82) is 0 Å². The molecule has 0 saturated carbocycles. The van der Waals surface area contributed by atoms with Crippen LogP contribution < -0.4 is 5.32 Å². The second-order valence-electron chi connectivity index (χ2n) is 4.01. The van der Waals surface area contributed by atoms with Crippen molar-refractivity contribution in [3.8, 4) is 0 Å². The van der Waals surface area contributed by atoms with Crippen LogP contribution in [0.3, 0.4) is 0 Å². The van der Waals surface area contributed by atoms with Gasteiger partial charge in [0.05, 0.1) is 11.9 Å². The number of anilines is 1. The van der Waals surface area contributed by atoms with E-state index in [0.29, 0.717) is 0 Å². The first-order valence-corrected chi connectivity index (χ1v) is 5.98. The predicted molar refractivity (Wildman–Crippen MR) is 66.2 cm³/mol. The third-order valence-corrected chi connectivity index (χ3v) is 2.57. The van der Waals surface area contributed by atoms with E-state index in [1.807, 2.05) is 12.1 Å². The van der Waals surface area contributed by atoms with E-state index in [9.17, 15) is 4.79 Å². The Kier molecular flexibility index (Phi) is 5.54. The molecule has 0 radical (unpaired) electrons. The SMILES string of the molecule is CCCC(CCC)C(=O)Nc1cccnc1. The van der Waals surface area contributed by atoms with Gasteiger partial charge in [0.15, 0.2) is 0 Å². The van der Waals surface area contributed by atoms with Crippen LogP contribution in [-0.2, 0) is 4.79 Å². The summed E-state index contributed by atoms with van der Waals surface area (Å²) in [5, 5.41) is 2.91. The molecule has 1 amide bonds. The summed E-state index contributed by atoms with van der Waals surface area (Å²) in [4.78, 5) is 15.9. The van der Waals surface area contributed by atoms with Crippen LogP contribution in [0.1, 0.15) is 39.5 Å². The summed E-state index contributed by atoms with van der Waals surface area (Å²) in [5.74, 6) is 0.256. The van der Waals surface area contributed by atoms with Crippen molar-refractivity contribution in [2.45, 2.75) is 39.5 Å². The molecule has 0 spiro atoms. The zero-order valence-electron chi connectivity index (χ0n) is 10.1. The molecule has 16 heavy (non-hydrogen) atoms. The number of carbonyl (C=O) groups is 1. The van der Waals surface area contributed by atoms with E-state index in [-0.39, 0.29) is 11.8 Å². The summed E-state index contributed by atoms with van der Waals surface area (Å²) >= 11 is 0. The Hall–Kier alpha value is -1.38. The van der Waals surface area contributed by atoms with E-state index in [0.717, 1.165) is 31.4 Å². The Morgan fingerprint density at radius 3 is 2.56 bits per heavy atom. The van der Waals surface area contributed by atoms with Gasteiger partial charge >= 0.3 is 0 Å². The number of amides is 1. The monoisotopic (exact) mass is 220 g/mol. The highest BCUT2D eigenvalue weighted by Gasteiger charge is 2.16. The third kappa shape index (κ3) is 4.01. The van der Waals surface area contributed by atoms with Crippen LogP contribution in [0.25, 0.3) is 0 Å². The van der Waals surface area contributed by atoms with Gasteiger partial charge in [0.2, 0.25) is 5.91 Å². The number of hydrogen-bond acceptors (Lipinski definition) is 2. The normalized spacial score (nSPS) is 10.4. The van der Waals surface area contributed by atoms with E-state index in [1.54, 1.807) is 12.4 Å². The molecule has 3 nitrogen and oxygen atoms in total. The first kappa shape index (κ1) is 12.7. The van der Waals surface area contributed by atoms with E-state index in [1.165, 1.54) is 0 Å². The molecule has 0 bridgehead atoms. The van der Waals surface area contributed by atoms with Crippen molar-refractivity contribution in [2.24, 2.45) is 5.92 Å². The number of aromatic nitrogens is 1. The molecule has 0 saturated heterocycles. The van der Waals surface area contributed by atoms with Crippen molar-refractivity contribution in [2.75, 3.05) is 5.32 Å². The fraction of sp³-hybridized carbons (Fsp3) is 0.538. The summed E-state index contributed by atoms with van der Waals surface area (Å²) in [6, 6.07) is 3.68. The highest BCUT2D eigenvalue weighted by molar-refractivity contribution is 5.92. The molecular weight excluding hydrogens is 200 g/mol. The first-order chi connectivity index (χ1) is 7.77. The Morgan fingerprint density at radius 2 is 2.06 bits per heavy atom. The summed E-state index contributed by atoms with van der Waals surface area (Å²) in [6.07, 6.45) is 7.38. The zero-order chi connectivity index (χ0) is 11.8. The molecule has 1 rings (SSSR count). The van der Waals surface area contributed by atoms with Gasteiger partial charge in [0, 0.05) is 12.1 Å². The molecule has 0 aliphatic rings. The maximum atomic E-state index is 12.0. The quantitative estimate of drug-likeness (QED) is 0.799. The average molecular weight is 220 g/mol. The van der Waals surface area contributed by atoms with Gasteiger partial charge in [-0.3, -0.25) is 9.78 Å². The minimum atomic E-state index is 0.122. The fourth-order valence-electron chi connectivity index (χ4n) is 1.78. The van der Waals surface area contributed by atoms with E-state index < -0.39 is 0 Å². The lowest BCUT2D eigenvalue weighted by Gasteiger charge is -2.14. The molecule has 1 heterocycles. The van der Waals surface area contributed by atoms with Crippen molar-refractivity contribution in [1.82, 2.24) is 4.98 Å². The van der Waals surface area contributed by atoms with Crippen molar-refractivity contribution in [3.05, 3.63) is 24.5 Å². The second-order valence-corrected chi connectivity index (χ2v) is 4.01. The molecule has 0 aromatic carbocycles. The minimum Gasteiger partial charge on any atom is -0.324 e. The van der Waals surface area contributed by atoms with Crippen LogP contribution in [0, 0.1) is 5.92 Å². The fourth-order valence-corrected chi connectivity index (χ4v) is 1.78. The molecule has 0 aliphatic carbocycles. The molecular formula is C13H20N2O. The summed E-state index contributed by atoms with van der Waals surface area (Å²) < 4.78 is 0. The molecule has 0 fully saturated rings. The van der Waals surface area contributed by atoms with Gasteiger partial charge in [-0.15, -0.1) is 0 Å². The molecule has 1 aromatic rings. The molecule has 88 valence electrons. The van der Waals surface area contributed by atoms with Gasteiger partial charge < -0.3 is 5.32 Å². The Labute approximate surface area is 97.3 Å². The molecule has 1 N–H and O–H groups in total. The lowest BCUT2D eigenvalue weighted by Crippen LogP contribution is -2.22. The minimum absolute atomic E-state index is 0.122. The number of nitrogens with one attached hydrogen (secondary N) is 1. The zero-order valence-corrected chi connectivity index (χ0v) is 10.1. The van der Waals surface area contributed by atoms with Crippen LogP contribution in [0.4, 0.5) is 5.69 Å². The van der Waals surface area contributed by atoms with Gasteiger partial charge in [0.1, 0.15) is 0 Å². The molecule has 0 unspecified atom stereocenters. The standard InChI is InChI=1S/C13H20N2O/c1-3-6-11(7-4-2)13(16)15-12-8-5-9-14-10-12/h5,8-11H,3-4,6-7H2,1-2H3,(H,15,16). The Bertz CT molecular complexity index is 305. The third-order valence-electron chi connectivity index (χ3n) is 2.57. The number of nitrogens with zero attached hydrogens (tertiary/aromatic N) is 1. The Morgan fingerprint density at radius 1 is 1.38 bits per heavy atom. The average Bonchev–Trinajstić information content (AvgIpc) is 2.30. The van der Waals surface area contributed by atoms with Gasteiger partial charge in [0.25, 0.3) is 0 Å². The topological polar surface area (TPSA) is 42.0 Å². The molecule has 0 atom stereocenters. The molecule has 3 heteroatoms. The Balaban J connectivity index is 2.55. The van der Waals surface area contributed by atoms with Crippen molar-refractivity contribution in [3.63, 3.8) is 0 Å². The number of pyridine rings is 1. The summed E-state index contributed by atoms with van der Waals surface area (Å²) in [7, 11) is 0. The highest BCUT2D eigenvalue weighted by Crippen LogP contribution is 2.16. The predicted octanol–water partition coefficient (Wildman–Crippen LogP) is 3.24. The summed E-state index contributed by atoms with van der Waals surface area (Å²) in [6.45, 7) is 4.22. The maximum absolute atomic E-state index is 12.0. The second kappa shape index (κ2) is 6.99.